The van der Waals surface area contributed by atoms with Gasteiger partial charge in [0.1, 0.15) is 11.5 Å². The first-order chi connectivity index (χ1) is 10.3. The molecule has 0 saturated heterocycles. The maximum absolute atomic E-state index is 5.83. The Morgan fingerprint density at radius 1 is 0.857 bits per heavy atom. The molecule has 2 aromatic carbocycles. The summed E-state index contributed by atoms with van der Waals surface area (Å²) in [6.45, 7) is 0. The fourth-order valence-electron chi connectivity index (χ4n) is 2.08. The van der Waals surface area contributed by atoms with Crippen LogP contribution in [0.25, 0.3) is 0 Å². The predicted octanol–water partition coefficient (Wildman–Crippen LogP) is 5.23. The number of hydrogen-bond acceptors (Lipinski definition) is 2. The van der Waals surface area contributed by atoms with E-state index in [0.29, 0.717) is 0 Å². The number of aromatic nitrogens is 1. The Balaban J connectivity index is 1.71. The van der Waals surface area contributed by atoms with Crippen LogP contribution in [0.1, 0.15) is 11.1 Å². The fourth-order valence-corrected chi connectivity index (χ4v) is 2.41. The van der Waals surface area contributed by atoms with E-state index >= 15 is 0 Å². The van der Waals surface area contributed by atoms with Gasteiger partial charge >= 0.3 is 0 Å². The minimum Gasteiger partial charge on any atom is -0.456 e. The fraction of sp³-hybridized carbons (Fsp3) is 0.0556. The quantitative estimate of drug-likeness (QED) is 0.649. The van der Waals surface area contributed by atoms with Crippen molar-refractivity contribution >= 4 is 15.9 Å². The van der Waals surface area contributed by atoms with Gasteiger partial charge in [0.05, 0.1) is 4.47 Å². The molecule has 0 fully saturated rings. The highest BCUT2D eigenvalue weighted by atomic mass is 79.9. The Labute approximate surface area is 132 Å². The predicted molar refractivity (Wildman–Crippen MR) is 87.7 cm³/mol. The normalized spacial score (nSPS) is 10.3. The largest absolute Gasteiger partial charge is 0.456 e. The Kier molecular flexibility index (Phi) is 4.31. The van der Waals surface area contributed by atoms with Crippen LogP contribution >= 0.6 is 15.9 Å². The van der Waals surface area contributed by atoms with E-state index in [2.05, 4.69) is 57.3 Å². The van der Waals surface area contributed by atoms with Crippen LogP contribution in [0.15, 0.2) is 77.5 Å². The van der Waals surface area contributed by atoms with E-state index in [4.69, 9.17) is 4.74 Å². The molecule has 0 amide bonds. The first-order valence-corrected chi connectivity index (χ1v) is 7.51. The molecule has 3 rings (SSSR count). The molecule has 3 aromatic rings. The lowest BCUT2D eigenvalue weighted by molar-refractivity contribution is 0.478. The van der Waals surface area contributed by atoms with Gasteiger partial charge in [-0.2, -0.15) is 0 Å². The summed E-state index contributed by atoms with van der Waals surface area (Å²) in [4.78, 5) is 4.02. The van der Waals surface area contributed by atoms with Gasteiger partial charge in [0.15, 0.2) is 0 Å². The second kappa shape index (κ2) is 6.55. The zero-order valence-electron chi connectivity index (χ0n) is 11.4. The highest BCUT2D eigenvalue weighted by molar-refractivity contribution is 9.10. The van der Waals surface area contributed by atoms with Crippen LogP contribution in [-0.4, -0.2) is 4.98 Å². The van der Waals surface area contributed by atoms with Crippen molar-refractivity contribution in [3.05, 3.63) is 88.7 Å². The summed E-state index contributed by atoms with van der Waals surface area (Å²) in [5, 5.41) is 0. The van der Waals surface area contributed by atoms with Crippen molar-refractivity contribution in [3.63, 3.8) is 0 Å². The van der Waals surface area contributed by atoms with Gasteiger partial charge in [-0.05, 0) is 45.6 Å². The Morgan fingerprint density at radius 2 is 1.57 bits per heavy atom. The van der Waals surface area contributed by atoms with Crippen molar-refractivity contribution in [2.75, 3.05) is 0 Å². The molecule has 0 bridgehead atoms. The molecule has 1 heterocycles. The van der Waals surface area contributed by atoms with Crippen molar-refractivity contribution in [2.45, 2.75) is 6.42 Å². The van der Waals surface area contributed by atoms with Crippen LogP contribution in [0.5, 0.6) is 11.5 Å². The molecular formula is C18H14BrNO. The third-order valence-electron chi connectivity index (χ3n) is 3.14. The van der Waals surface area contributed by atoms with E-state index in [1.807, 2.05) is 24.3 Å². The Morgan fingerprint density at radius 3 is 2.29 bits per heavy atom. The number of hydrogen-bond donors (Lipinski definition) is 0. The van der Waals surface area contributed by atoms with Crippen molar-refractivity contribution in [3.8, 4) is 11.5 Å². The summed E-state index contributed by atoms with van der Waals surface area (Å²) in [6.07, 6.45) is 4.36. The van der Waals surface area contributed by atoms with Gasteiger partial charge in [-0.1, -0.05) is 42.5 Å². The van der Waals surface area contributed by atoms with Crippen molar-refractivity contribution in [1.29, 1.82) is 0 Å². The Hall–Kier alpha value is -2.13. The number of ether oxygens (including phenoxy) is 1. The zero-order chi connectivity index (χ0) is 14.5. The second-order valence-electron chi connectivity index (χ2n) is 4.71. The summed E-state index contributed by atoms with van der Waals surface area (Å²) in [7, 11) is 0. The molecule has 3 heteroatoms. The van der Waals surface area contributed by atoms with E-state index in [9.17, 15) is 0 Å². The summed E-state index contributed by atoms with van der Waals surface area (Å²) in [5.41, 5.74) is 2.57. The minimum absolute atomic E-state index is 0.765. The Bertz CT molecular complexity index is 711. The van der Waals surface area contributed by atoms with Crippen LogP contribution < -0.4 is 4.74 Å². The number of pyridine rings is 1. The molecule has 0 radical (unpaired) electrons. The van der Waals surface area contributed by atoms with Gasteiger partial charge in [-0.25, -0.2) is 0 Å². The standard InChI is InChI=1S/C18H14BrNO/c19-17-13-20-11-10-18(17)21-16-8-6-15(7-9-16)12-14-4-2-1-3-5-14/h1-11,13H,12H2. The molecule has 0 aliphatic carbocycles. The van der Waals surface area contributed by atoms with Crippen LogP contribution in [0, 0.1) is 0 Å². The molecule has 0 spiro atoms. The van der Waals surface area contributed by atoms with E-state index in [-0.39, 0.29) is 0 Å². The molecular weight excluding hydrogens is 326 g/mol. The number of halogens is 1. The van der Waals surface area contributed by atoms with Crippen LogP contribution in [0.4, 0.5) is 0 Å². The van der Waals surface area contributed by atoms with Crippen molar-refractivity contribution in [2.24, 2.45) is 0 Å². The van der Waals surface area contributed by atoms with Crippen LogP contribution in [-0.2, 0) is 6.42 Å². The van der Waals surface area contributed by atoms with Gasteiger partial charge in [-0.15, -0.1) is 0 Å². The van der Waals surface area contributed by atoms with Gasteiger partial charge in [0.2, 0.25) is 0 Å². The molecule has 2 nitrogen and oxygen atoms in total. The second-order valence-corrected chi connectivity index (χ2v) is 5.57. The third kappa shape index (κ3) is 3.70. The molecule has 1 aromatic heterocycles. The maximum atomic E-state index is 5.83. The van der Waals surface area contributed by atoms with E-state index < -0.39 is 0 Å². The first kappa shape index (κ1) is 13.8. The molecule has 0 unspecified atom stereocenters. The first-order valence-electron chi connectivity index (χ1n) is 6.71. The van der Waals surface area contributed by atoms with E-state index in [1.54, 1.807) is 12.4 Å². The molecule has 21 heavy (non-hydrogen) atoms. The monoisotopic (exact) mass is 339 g/mol. The van der Waals surface area contributed by atoms with E-state index in [1.165, 1.54) is 11.1 Å². The average molecular weight is 340 g/mol. The number of nitrogens with zero attached hydrogens (tertiary/aromatic N) is 1. The third-order valence-corrected chi connectivity index (χ3v) is 3.73. The minimum atomic E-state index is 0.765. The van der Waals surface area contributed by atoms with Gasteiger partial charge < -0.3 is 4.74 Å². The molecule has 0 aliphatic rings. The van der Waals surface area contributed by atoms with Crippen molar-refractivity contribution < 1.29 is 4.74 Å². The maximum Gasteiger partial charge on any atom is 0.144 e. The molecule has 0 aliphatic heterocycles. The van der Waals surface area contributed by atoms with Crippen LogP contribution in [0.2, 0.25) is 0 Å². The van der Waals surface area contributed by atoms with Gasteiger partial charge in [0, 0.05) is 18.5 Å². The zero-order valence-corrected chi connectivity index (χ0v) is 13.0. The summed E-state index contributed by atoms with van der Waals surface area (Å²) in [6, 6.07) is 20.4. The summed E-state index contributed by atoms with van der Waals surface area (Å²) >= 11 is 3.42. The lowest BCUT2D eigenvalue weighted by atomic mass is 10.1. The molecule has 0 saturated carbocycles. The number of benzene rings is 2. The SMILES string of the molecule is Brc1cnccc1Oc1ccc(Cc2ccccc2)cc1. The topological polar surface area (TPSA) is 22.1 Å². The van der Waals surface area contributed by atoms with Crippen LogP contribution in [0.3, 0.4) is 0 Å². The van der Waals surface area contributed by atoms with Gasteiger partial charge in [-0.3, -0.25) is 4.98 Å². The average Bonchev–Trinajstić information content (AvgIpc) is 2.52. The van der Waals surface area contributed by atoms with E-state index in [0.717, 1.165) is 22.4 Å². The lowest BCUT2D eigenvalue weighted by Gasteiger charge is -2.08. The smallest absolute Gasteiger partial charge is 0.144 e. The molecule has 0 N–H and O–H groups in total. The summed E-state index contributed by atoms with van der Waals surface area (Å²) in [5.74, 6) is 1.58. The number of rotatable bonds is 4. The highest BCUT2D eigenvalue weighted by Crippen LogP contribution is 2.28. The molecule has 0 atom stereocenters. The highest BCUT2D eigenvalue weighted by Gasteiger charge is 2.02. The lowest BCUT2D eigenvalue weighted by Crippen LogP contribution is -1.89. The van der Waals surface area contributed by atoms with Gasteiger partial charge in [0.25, 0.3) is 0 Å². The summed E-state index contributed by atoms with van der Waals surface area (Å²) < 4.78 is 6.67. The molecule has 104 valence electrons. The van der Waals surface area contributed by atoms with Crippen molar-refractivity contribution in [1.82, 2.24) is 4.98 Å².